The van der Waals surface area contributed by atoms with Gasteiger partial charge in [0.2, 0.25) is 0 Å². The third kappa shape index (κ3) is 3.42. The van der Waals surface area contributed by atoms with Crippen LogP contribution < -0.4 is 9.47 Å². The minimum atomic E-state index is -0.401. The minimum Gasteiger partial charge on any atom is -0.497 e. The summed E-state index contributed by atoms with van der Waals surface area (Å²) in [6.07, 6.45) is 3.71. The predicted molar refractivity (Wildman–Crippen MR) is 96.9 cm³/mol. The van der Waals surface area contributed by atoms with Crippen molar-refractivity contribution in [1.29, 1.82) is 0 Å². The van der Waals surface area contributed by atoms with Gasteiger partial charge < -0.3 is 9.47 Å². The van der Waals surface area contributed by atoms with E-state index in [1.54, 1.807) is 44.6 Å². The molecule has 6 nitrogen and oxygen atoms in total. The molecule has 0 aliphatic carbocycles. The van der Waals surface area contributed by atoms with Crippen molar-refractivity contribution in [3.63, 3.8) is 0 Å². The first-order chi connectivity index (χ1) is 12.1. The van der Waals surface area contributed by atoms with Crippen molar-refractivity contribution >= 4 is 28.7 Å². The zero-order chi connectivity index (χ0) is 17.8. The minimum absolute atomic E-state index is 0.0531. The van der Waals surface area contributed by atoms with Gasteiger partial charge in [0, 0.05) is 17.7 Å². The molecule has 0 N–H and O–H groups in total. The molecule has 1 aromatic heterocycles. The topological polar surface area (TPSA) is 74.5 Å². The summed E-state index contributed by atoms with van der Waals surface area (Å²) in [6.45, 7) is 0. The molecule has 3 rings (SSSR count). The Labute approximate surface area is 144 Å². The maximum atomic E-state index is 11.1. The van der Waals surface area contributed by atoms with Gasteiger partial charge in [-0.1, -0.05) is 6.07 Å². The van der Waals surface area contributed by atoms with Crippen molar-refractivity contribution in [1.82, 2.24) is 4.98 Å². The number of pyridine rings is 1. The Morgan fingerprint density at radius 2 is 1.88 bits per heavy atom. The summed E-state index contributed by atoms with van der Waals surface area (Å²) >= 11 is 0. The van der Waals surface area contributed by atoms with Gasteiger partial charge in [-0.3, -0.25) is 10.1 Å². The van der Waals surface area contributed by atoms with Gasteiger partial charge in [-0.05, 0) is 42.5 Å². The van der Waals surface area contributed by atoms with Crippen LogP contribution >= 0.6 is 0 Å². The number of benzene rings is 2. The molecule has 0 saturated carbocycles. The summed E-state index contributed by atoms with van der Waals surface area (Å²) in [7, 11) is 3.20. The lowest BCUT2D eigenvalue weighted by Crippen LogP contribution is -1.91. The highest BCUT2D eigenvalue weighted by Gasteiger charge is 2.11. The van der Waals surface area contributed by atoms with E-state index in [4.69, 9.17) is 9.47 Å². The Morgan fingerprint density at radius 3 is 2.60 bits per heavy atom. The molecule has 0 radical (unpaired) electrons. The standard InChI is InChI=1S/C19H16N2O4/c1-24-15-10-7-13(19(12-15)25-2)6-8-14-9-11-16-17(20-14)4-3-5-18(16)21(22)23/h3-12H,1-2H3/b8-6+. The molecule has 0 saturated heterocycles. The molecule has 0 spiro atoms. The van der Waals surface area contributed by atoms with E-state index >= 15 is 0 Å². The van der Waals surface area contributed by atoms with Gasteiger partial charge in [-0.25, -0.2) is 4.98 Å². The second kappa shape index (κ2) is 7.00. The van der Waals surface area contributed by atoms with Gasteiger partial charge in [0.25, 0.3) is 5.69 Å². The van der Waals surface area contributed by atoms with Gasteiger partial charge >= 0.3 is 0 Å². The molecule has 0 bridgehead atoms. The summed E-state index contributed by atoms with van der Waals surface area (Å²) < 4.78 is 10.5. The maximum Gasteiger partial charge on any atom is 0.278 e. The largest absolute Gasteiger partial charge is 0.497 e. The summed E-state index contributed by atoms with van der Waals surface area (Å²) in [5.41, 5.74) is 2.21. The van der Waals surface area contributed by atoms with E-state index in [0.29, 0.717) is 28.1 Å². The smallest absolute Gasteiger partial charge is 0.278 e. The van der Waals surface area contributed by atoms with Crippen LogP contribution in [0.1, 0.15) is 11.3 Å². The lowest BCUT2D eigenvalue weighted by atomic mass is 10.1. The van der Waals surface area contributed by atoms with Crippen LogP contribution in [-0.2, 0) is 0 Å². The number of rotatable bonds is 5. The second-order valence-corrected chi connectivity index (χ2v) is 5.28. The van der Waals surface area contributed by atoms with E-state index < -0.39 is 4.92 Å². The van der Waals surface area contributed by atoms with E-state index in [0.717, 1.165) is 5.56 Å². The van der Waals surface area contributed by atoms with Gasteiger partial charge in [0.05, 0.1) is 35.7 Å². The first-order valence-electron chi connectivity index (χ1n) is 7.56. The Balaban J connectivity index is 1.96. The van der Waals surface area contributed by atoms with E-state index in [-0.39, 0.29) is 5.69 Å². The summed E-state index contributed by atoms with van der Waals surface area (Å²) in [4.78, 5) is 15.1. The number of nitrogens with zero attached hydrogens (tertiary/aromatic N) is 2. The summed E-state index contributed by atoms with van der Waals surface area (Å²) in [6, 6.07) is 13.9. The van der Waals surface area contributed by atoms with E-state index in [2.05, 4.69) is 4.98 Å². The monoisotopic (exact) mass is 336 g/mol. The molecule has 0 aliphatic heterocycles. The molecule has 0 fully saturated rings. The second-order valence-electron chi connectivity index (χ2n) is 5.28. The van der Waals surface area contributed by atoms with E-state index in [1.165, 1.54) is 6.07 Å². The zero-order valence-corrected chi connectivity index (χ0v) is 13.8. The molecule has 126 valence electrons. The number of methoxy groups -OCH3 is 2. The van der Waals surface area contributed by atoms with Crippen LogP contribution in [0.2, 0.25) is 0 Å². The molecule has 0 amide bonds. The quantitative estimate of drug-likeness (QED) is 0.512. The summed E-state index contributed by atoms with van der Waals surface area (Å²) in [5.74, 6) is 1.40. The first-order valence-corrected chi connectivity index (χ1v) is 7.56. The van der Waals surface area contributed by atoms with E-state index in [1.807, 2.05) is 24.3 Å². The Morgan fingerprint density at radius 1 is 1.04 bits per heavy atom. The SMILES string of the molecule is COc1ccc(/C=C/c2ccc3c([N+](=O)[O-])cccc3n2)c(OC)c1. The summed E-state index contributed by atoms with van der Waals surface area (Å²) in [5, 5.41) is 11.6. The highest BCUT2D eigenvalue weighted by atomic mass is 16.6. The molecule has 0 atom stereocenters. The van der Waals surface area contributed by atoms with Crippen LogP contribution in [0.25, 0.3) is 23.1 Å². The molecule has 0 aliphatic rings. The van der Waals surface area contributed by atoms with Crippen molar-refractivity contribution in [2.24, 2.45) is 0 Å². The van der Waals surface area contributed by atoms with Gasteiger partial charge in [-0.15, -0.1) is 0 Å². The Hall–Kier alpha value is -3.41. The lowest BCUT2D eigenvalue weighted by molar-refractivity contribution is -0.383. The fraction of sp³-hybridized carbons (Fsp3) is 0.105. The number of hydrogen-bond donors (Lipinski definition) is 0. The van der Waals surface area contributed by atoms with Crippen molar-refractivity contribution < 1.29 is 14.4 Å². The molecule has 0 unspecified atom stereocenters. The zero-order valence-electron chi connectivity index (χ0n) is 13.8. The third-order valence-electron chi connectivity index (χ3n) is 3.80. The normalized spacial score (nSPS) is 11.0. The average Bonchev–Trinajstić information content (AvgIpc) is 2.65. The molecule has 6 heteroatoms. The van der Waals surface area contributed by atoms with E-state index in [9.17, 15) is 10.1 Å². The number of hydrogen-bond acceptors (Lipinski definition) is 5. The van der Waals surface area contributed by atoms with Crippen molar-refractivity contribution in [2.75, 3.05) is 14.2 Å². The number of ether oxygens (including phenoxy) is 2. The van der Waals surface area contributed by atoms with Gasteiger partial charge in [0.1, 0.15) is 11.5 Å². The van der Waals surface area contributed by atoms with Crippen LogP contribution in [0.3, 0.4) is 0 Å². The molecule has 3 aromatic rings. The van der Waals surface area contributed by atoms with Crippen LogP contribution in [0.4, 0.5) is 5.69 Å². The van der Waals surface area contributed by atoms with Crippen LogP contribution in [0.15, 0.2) is 48.5 Å². The van der Waals surface area contributed by atoms with Crippen LogP contribution in [0.5, 0.6) is 11.5 Å². The van der Waals surface area contributed by atoms with Crippen molar-refractivity contribution in [3.8, 4) is 11.5 Å². The van der Waals surface area contributed by atoms with Crippen molar-refractivity contribution in [3.05, 3.63) is 69.9 Å². The highest BCUT2D eigenvalue weighted by Crippen LogP contribution is 2.27. The molecular weight excluding hydrogens is 320 g/mol. The lowest BCUT2D eigenvalue weighted by Gasteiger charge is -2.07. The average molecular weight is 336 g/mol. The number of non-ortho nitro benzene ring substituents is 1. The Bertz CT molecular complexity index is 967. The Kier molecular flexibility index (Phi) is 4.61. The molecule has 1 heterocycles. The first kappa shape index (κ1) is 16.4. The fourth-order valence-electron chi connectivity index (χ4n) is 2.54. The molecular formula is C19H16N2O4. The van der Waals surface area contributed by atoms with Gasteiger partial charge in [0.15, 0.2) is 0 Å². The number of nitro benzene ring substituents is 1. The predicted octanol–water partition coefficient (Wildman–Crippen LogP) is 4.33. The molecule has 2 aromatic carbocycles. The van der Waals surface area contributed by atoms with Crippen molar-refractivity contribution in [2.45, 2.75) is 0 Å². The fourth-order valence-corrected chi connectivity index (χ4v) is 2.54. The number of fused-ring (bicyclic) bond motifs is 1. The number of nitro groups is 1. The maximum absolute atomic E-state index is 11.1. The van der Waals surface area contributed by atoms with Crippen LogP contribution in [0, 0.1) is 10.1 Å². The highest BCUT2D eigenvalue weighted by molar-refractivity contribution is 5.89. The third-order valence-corrected chi connectivity index (χ3v) is 3.80. The molecule has 25 heavy (non-hydrogen) atoms. The van der Waals surface area contributed by atoms with Gasteiger partial charge in [-0.2, -0.15) is 0 Å². The number of aromatic nitrogens is 1. The van der Waals surface area contributed by atoms with Crippen LogP contribution in [-0.4, -0.2) is 24.1 Å².